The van der Waals surface area contributed by atoms with Crippen LogP contribution >= 0.6 is 0 Å². The second-order valence-electron chi connectivity index (χ2n) is 12.7. The fourth-order valence-electron chi connectivity index (χ4n) is 7.91. The van der Waals surface area contributed by atoms with E-state index in [-0.39, 0.29) is 5.54 Å². The molecule has 1 nitrogen and oxygen atoms in total. The highest BCUT2D eigenvalue weighted by atomic mass is 28.3. The van der Waals surface area contributed by atoms with E-state index in [1.54, 1.807) is 0 Å². The lowest BCUT2D eigenvalue weighted by Gasteiger charge is -2.45. The molecule has 4 unspecified atom stereocenters. The highest BCUT2D eigenvalue weighted by molar-refractivity contribution is 6.76. The third-order valence-corrected chi connectivity index (χ3v) is 12.0. The minimum atomic E-state index is -1.55. The summed E-state index contributed by atoms with van der Waals surface area (Å²) < 4.78 is 0. The summed E-state index contributed by atoms with van der Waals surface area (Å²) in [4.78, 5) is 4.17. The second-order valence-corrected chi connectivity index (χ2v) is 17.1. The molecule has 1 N–H and O–H groups in total. The highest BCUT2D eigenvalue weighted by Gasteiger charge is 2.56. The molecule has 0 amide bonds. The van der Waals surface area contributed by atoms with Gasteiger partial charge in [0.1, 0.15) is 8.24 Å². The van der Waals surface area contributed by atoms with Crippen LogP contribution in [0.15, 0.2) is 22.3 Å². The Kier molecular flexibility index (Phi) is 4.67. The molecule has 27 heavy (non-hydrogen) atoms. The van der Waals surface area contributed by atoms with Crippen LogP contribution in [0.4, 0.5) is 0 Å². The largest absolute Gasteiger partial charge is 0.332 e. The fraction of sp³-hybridized carbons (Fsp3) is 0.840. The average molecular weight is 386 g/mol. The third-order valence-electron chi connectivity index (χ3n) is 8.03. The van der Waals surface area contributed by atoms with Crippen LogP contribution in [-0.4, -0.2) is 13.8 Å². The summed E-state index contributed by atoms with van der Waals surface area (Å²) in [6.07, 6.45) is 9.82. The summed E-state index contributed by atoms with van der Waals surface area (Å²) >= 11 is 0. The van der Waals surface area contributed by atoms with Crippen molar-refractivity contribution in [2.45, 2.75) is 111 Å². The van der Waals surface area contributed by atoms with E-state index in [0.717, 1.165) is 23.3 Å². The number of hydrogen-bond acceptors (Lipinski definition) is 1. The van der Waals surface area contributed by atoms with Gasteiger partial charge in [-0.25, -0.2) is 0 Å². The van der Waals surface area contributed by atoms with Crippen LogP contribution in [0.3, 0.4) is 0 Å². The van der Waals surface area contributed by atoms with Crippen LogP contribution in [0.5, 0.6) is 0 Å². The lowest BCUT2D eigenvalue weighted by molar-refractivity contribution is 0.369. The van der Waals surface area contributed by atoms with Crippen LogP contribution in [0, 0.1) is 23.2 Å². The third kappa shape index (κ3) is 3.43. The van der Waals surface area contributed by atoms with E-state index in [1.165, 1.54) is 44.9 Å². The highest BCUT2D eigenvalue weighted by Crippen LogP contribution is 2.65. The molecule has 4 aliphatic carbocycles. The van der Waals surface area contributed by atoms with E-state index in [0.29, 0.717) is 5.41 Å². The van der Waals surface area contributed by atoms with E-state index in [4.69, 9.17) is 0 Å². The van der Waals surface area contributed by atoms with Gasteiger partial charge in [0.2, 0.25) is 0 Å². The Morgan fingerprint density at radius 1 is 0.963 bits per heavy atom. The van der Waals surface area contributed by atoms with E-state index in [1.807, 2.05) is 22.3 Å². The van der Waals surface area contributed by atoms with Crippen molar-refractivity contribution in [3.63, 3.8) is 0 Å². The molecule has 0 heterocycles. The lowest BCUT2D eigenvalue weighted by Crippen LogP contribution is -2.59. The van der Waals surface area contributed by atoms with Gasteiger partial charge in [-0.15, -0.1) is 0 Å². The smallest absolute Gasteiger partial charge is 0.123 e. The second kappa shape index (κ2) is 6.33. The first kappa shape index (κ1) is 20.0. The normalized spacial score (nSPS) is 36.0. The van der Waals surface area contributed by atoms with Crippen LogP contribution in [0.1, 0.15) is 86.5 Å². The molecule has 0 aromatic rings. The van der Waals surface area contributed by atoms with Gasteiger partial charge in [-0.05, 0) is 106 Å². The van der Waals surface area contributed by atoms with Crippen LogP contribution in [0.25, 0.3) is 0 Å². The molecule has 0 saturated heterocycles. The summed E-state index contributed by atoms with van der Waals surface area (Å²) in [6, 6.07) is 0. The predicted molar refractivity (Wildman–Crippen MR) is 120 cm³/mol. The van der Waals surface area contributed by atoms with Crippen molar-refractivity contribution in [3.8, 4) is 0 Å². The van der Waals surface area contributed by atoms with Gasteiger partial charge in [0.25, 0.3) is 0 Å². The van der Waals surface area contributed by atoms with Gasteiger partial charge in [0.15, 0.2) is 0 Å². The van der Waals surface area contributed by atoms with Gasteiger partial charge >= 0.3 is 0 Å². The first-order valence-corrected chi connectivity index (χ1v) is 14.7. The fourth-order valence-corrected chi connectivity index (χ4v) is 12.9. The zero-order valence-corrected chi connectivity index (χ0v) is 20.3. The van der Waals surface area contributed by atoms with Crippen molar-refractivity contribution in [1.29, 1.82) is 0 Å². The SMILES string of the molecule is CC1CC2C3=C(CCCC3)C3=C(CC(C)(C)C3)C2C1[Si](C)(C)NC(C)(C)C. The molecular formula is C25H43NSi. The molecule has 0 aromatic carbocycles. The minimum Gasteiger partial charge on any atom is -0.332 e. The number of hydrogen-bond donors (Lipinski definition) is 1. The van der Waals surface area contributed by atoms with Gasteiger partial charge in [-0.1, -0.05) is 45.0 Å². The van der Waals surface area contributed by atoms with Crippen molar-refractivity contribution in [3.05, 3.63) is 22.3 Å². The lowest BCUT2D eigenvalue weighted by atomic mass is 9.69. The standard InChI is InChI=1S/C25H43NSi/c1-16-13-19-17-11-9-10-12-18(17)20-14-25(5,6)15-21(20)22(19)23(16)27(7,8)26-24(2,3)4/h16,19,22-23,26H,9-15H2,1-8H3. The molecule has 1 fully saturated rings. The van der Waals surface area contributed by atoms with Crippen molar-refractivity contribution in [2.24, 2.45) is 23.2 Å². The molecular weight excluding hydrogens is 342 g/mol. The zero-order valence-electron chi connectivity index (χ0n) is 19.3. The molecule has 1 saturated carbocycles. The van der Waals surface area contributed by atoms with Gasteiger partial charge in [0.05, 0.1) is 0 Å². The van der Waals surface area contributed by atoms with Gasteiger partial charge in [-0.2, -0.15) is 0 Å². The number of rotatable bonds is 2. The molecule has 0 radical (unpaired) electrons. The van der Waals surface area contributed by atoms with E-state index in [2.05, 4.69) is 59.6 Å². The zero-order chi connectivity index (χ0) is 19.8. The molecule has 4 atom stereocenters. The van der Waals surface area contributed by atoms with Gasteiger partial charge in [-0.3, -0.25) is 0 Å². The molecule has 4 rings (SSSR count). The van der Waals surface area contributed by atoms with Crippen LogP contribution in [0.2, 0.25) is 18.6 Å². The molecule has 0 aromatic heterocycles. The van der Waals surface area contributed by atoms with Crippen molar-refractivity contribution in [1.82, 2.24) is 4.98 Å². The summed E-state index contributed by atoms with van der Waals surface area (Å²) in [5, 5.41) is 0. The molecule has 0 bridgehead atoms. The first-order chi connectivity index (χ1) is 12.4. The Morgan fingerprint density at radius 2 is 1.63 bits per heavy atom. The maximum atomic E-state index is 4.17. The number of fused-ring (bicyclic) bond motifs is 4. The van der Waals surface area contributed by atoms with E-state index in [9.17, 15) is 0 Å². The monoisotopic (exact) mass is 385 g/mol. The Hall–Kier alpha value is -0.343. The maximum absolute atomic E-state index is 4.17. The Labute approximate surface area is 169 Å². The predicted octanol–water partition coefficient (Wildman–Crippen LogP) is 7.22. The topological polar surface area (TPSA) is 12.0 Å². The van der Waals surface area contributed by atoms with Crippen molar-refractivity contribution < 1.29 is 0 Å². The molecule has 152 valence electrons. The maximum Gasteiger partial charge on any atom is 0.123 e. The summed E-state index contributed by atoms with van der Waals surface area (Å²) in [5.41, 5.74) is 9.17. The Balaban J connectivity index is 1.78. The van der Waals surface area contributed by atoms with Gasteiger partial charge < -0.3 is 4.98 Å². The number of nitrogens with one attached hydrogen (secondary N) is 1. The van der Waals surface area contributed by atoms with Crippen molar-refractivity contribution >= 4 is 8.24 Å². The minimum absolute atomic E-state index is 0.226. The summed E-state index contributed by atoms with van der Waals surface area (Å²) in [6.45, 7) is 20.0. The number of allylic oxidation sites excluding steroid dienone is 4. The molecule has 0 aliphatic heterocycles. The summed E-state index contributed by atoms with van der Waals surface area (Å²) in [7, 11) is -1.55. The van der Waals surface area contributed by atoms with Crippen LogP contribution < -0.4 is 4.98 Å². The Bertz CT molecular complexity index is 688. The first-order valence-electron chi connectivity index (χ1n) is 11.6. The quantitative estimate of drug-likeness (QED) is 0.495. The molecule has 4 aliphatic rings. The van der Waals surface area contributed by atoms with E-state index < -0.39 is 8.24 Å². The molecule has 2 heteroatoms. The van der Waals surface area contributed by atoms with Gasteiger partial charge in [0, 0.05) is 5.54 Å². The van der Waals surface area contributed by atoms with Crippen molar-refractivity contribution in [2.75, 3.05) is 0 Å². The Morgan fingerprint density at radius 3 is 2.30 bits per heavy atom. The molecule has 0 spiro atoms. The summed E-state index contributed by atoms with van der Waals surface area (Å²) in [5.74, 6) is 2.59. The average Bonchev–Trinajstić information content (AvgIpc) is 3.01. The van der Waals surface area contributed by atoms with E-state index >= 15 is 0 Å². The van der Waals surface area contributed by atoms with Crippen LogP contribution in [-0.2, 0) is 0 Å².